The van der Waals surface area contributed by atoms with E-state index < -0.39 is 0 Å². The monoisotopic (exact) mass is 250 g/mol. The average Bonchev–Trinajstić information content (AvgIpc) is 2.45. The summed E-state index contributed by atoms with van der Waals surface area (Å²) in [5.74, 6) is 2.18. The van der Waals surface area contributed by atoms with Gasteiger partial charge in [-0.15, -0.1) is 6.42 Å². The van der Waals surface area contributed by atoms with E-state index in [9.17, 15) is 4.79 Å². The maximum atomic E-state index is 11.8. The van der Waals surface area contributed by atoms with Gasteiger partial charge in [0.15, 0.2) is 0 Å². The predicted octanol–water partition coefficient (Wildman–Crippen LogP) is 2.42. The van der Waals surface area contributed by atoms with Crippen molar-refractivity contribution in [3.8, 4) is 23.6 Å². The van der Waals surface area contributed by atoms with E-state index in [0.29, 0.717) is 11.3 Å². The molecule has 1 heterocycles. The number of nitrogens with one attached hydrogen (secondary N) is 1. The number of hydrogen-bond donors (Lipinski definition) is 1. The molecule has 0 radical (unpaired) electrons. The molecule has 0 aliphatic heterocycles. The molecule has 3 nitrogen and oxygen atoms in total. The SMILES string of the molecule is C#CCNC(=O)c1ccc(-c2ccccc2)nc1C. The molecule has 0 atom stereocenters. The Bertz CT molecular complexity index is 627. The summed E-state index contributed by atoms with van der Waals surface area (Å²) in [7, 11) is 0. The molecule has 94 valence electrons. The van der Waals surface area contributed by atoms with E-state index in [2.05, 4.69) is 16.2 Å². The number of benzene rings is 1. The first kappa shape index (κ1) is 12.8. The number of amides is 1. The smallest absolute Gasteiger partial charge is 0.253 e. The highest BCUT2D eigenvalue weighted by atomic mass is 16.1. The molecule has 0 spiro atoms. The van der Waals surface area contributed by atoms with E-state index in [0.717, 1.165) is 11.3 Å². The van der Waals surface area contributed by atoms with Gasteiger partial charge in [0.2, 0.25) is 0 Å². The number of aromatic nitrogens is 1. The Morgan fingerprint density at radius 2 is 2.00 bits per heavy atom. The second kappa shape index (κ2) is 5.83. The first-order chi connectivity index (χ1) is 9.22. The predicted molar refractivity (Wildman–Crippen MR) is 75.6 cm³/mol. The molecule has 1 aromatic carbocycles. The Balaban J connectivity index is 2.28. The molecule has 0 saturated carbocycles. The van der Waals surface area contributed by atoms with Gasteiger partial charge in [0.1, 0.15) is 0 Å². The van der Waals surface area contributed by atoms with Crippen LogP contribution in [0.25, 0.3) is 11.3 Å². The van der Waals surface area contributed by atoms with Crippen molar-refractivity contribution >= 4 is 5.91 Å². The lowest BCUT2D eigenvalue weighted by Gasteiger charge is -2.07. The van der Waals surface area contributed by atoms with Crippen LogP contribution in [-0.2, 0) is 0 Å². The summed E-state index contributed by atoms with van der Waals surface area (Å²) in [5, 5.41) is 2.63. The lowest BCUT2D eigenvalue weighted by atomic mass is 10.1. The van der Waals surface area contributed by atoms with Crippen molar-refractivity contribution < 1.29 is 4.79 Å². The molecule has 0 unspecified atom stereocenters. The van der Waals surface area contributed by atoms with Crippen LogP contribution in [0.2, 0.25) is 0 Å². The molecular weight excluding hydrogens is 236 g/mol. The van der Waals surface area contributed by atoms with E-state index in [-0.39, 0.29) is 12.5 Å². The van der Waals surface area contributed by atoms with Crippen LogP contribution in [0.4, 0.5) is 0 Å². The number of carbonyl (C=O) groups excluding carboxylic acids is 1. The van der Waals surface area contributed by atoms with Crippen LogP contribution in [-0.4, -0.2) is 17.4 Å². The van der Waals surface area contributed by atoms with Gasteiger partial charge in [0.05, 0.1) is 23.5 Å². The number of aryl methyl sites for hydroxylation is 1. The maximum absolute atomic E-state index is 11.8. The number of pyridine rings is 1. The molecule has 0 aliphatic rings. The third kappa shape index (κ3) is 2.99. The number of hydrogen-bond acceptors (Lipinski definition) is 2. The highest BCUT2D eigenvalue weighted by molar-refractivity contribution is 5.95. The van der Waals surface area contributed by atoms with E-state index in [1.54, 1.807) is 6.07 Å². The van der Waals surface area contributed by atoms with Crippen molar-refractivity contribution in [1.29, 1.82) is 0 Å². The average molecular weight is 250 g/mol. The standard InChI is InChI=1S/C16H14N2O/c1-3-11-17-16(19)14-9-10-15(18-12(14)2)13-7-5-4-6-8-13/h1,4-10H,11H2,2H3,(H,17,19). The summed E-state index contributed by atoms with van der Waals surface area (Å²) in [6.45, 7) is 2.04. The fourth-order valence-electron chi connectivity index (χ4n) is 1.80. The van der Waals surface area contributed by atoms with Gasteiger partial charge in [0.25, 0.3) is 5.91 Å². The van der Waals surface area contributed by atoms with Crippen LogP contribution < -0.4 is 5.32 Å². The fraction of sp³-hybridized carbons (Fsp3) is 0.125. The molecular formula is C16H14N2O. The quantitative estimate of drug-likeness (QED) is 0.850. The zero-order valence-electron chi connectivity index (χ0n) is 10.7. The van der Waals surface area contributed by atoms with Crippen LogP contribution in [0.5, 0.6) is 0 Å². The second-order valence-electron chi connectivity index (χ2n) is 4.08. The van der Waals surface area contributed by atoms with Gasteiger partial charge in [-0.3, -0.25) is 9.78 Å². The minimum atomic E-state index is -0.192. The third-order valence-corrected chi connectivity index (χ3v) is 2.75. The van der Waals surface area contributed by atoms with Gasteiger partial charge < -0.3 is 5.32 Å². The number of nitrogens with zero attached hydrogens (tertiary/aromatic N) is 1. The molecule has 0 aliphatic carbocycles. The topological polar surface area (TPSA) is 42.0 Å². The summed E-state index contributed by atoms with van der Waals surface area (Å²) >= 11 is 0. The highest BCUT2D eigenvalue weighted by Gasteiger charge is 2.10. The molecule has 19 heavy (non-hydrogen) atoms. The lowest BCUT2D eigenvalue weighted by molar-refractivity contribution is 0.0957. The summed E-state index contributed by atoms with van der Waals surface area (Å²) in [6, 6.07) is 13.5. The van der Waals surface area contributed by atoms with Gasteiger partial charge in [-0.1, -0.05) is 36.3 Å². The van der Waals surface area contributed by atoms with Gasteiger partial charge >= 0.3 is 0 Å². The Hall–Kier alpha value is -2.60. The van der Waals surface area contributed by atoms with E-state index in [1.807, 2.05) is 43.3 Å². The normalized spacial score (nSPS) is 9.68. The van der Waals surface area contributed by atoms with Gasteiger partial charge in [-0.25, -0.2) is 0 Å². The molecule has 2 aromatic rings. The van der Waals surface area contributed by atoms with Crippen LogP contribution >= 0.6 is 0 Å². The zero-order chi connectivity index (χ0) is 13.7. The molecule has 2 rings (SSSR count). The maximum Gasteiger partial charge on any atom is 0.253 e. The van der Waals surface area contributed by atoms with Gasteiger partial charge in [0, 0.05) is 5.56 Å². The highest BCUT2D eigenvalue weighted by Crippen LogP contribution is 2.18. The Kier molecular flexibility index (Phi) is 3.94. The van der Waals surface area contributed by atoms with Gasteiger partial charge in [-0.2, -0.15) is 0 Å². The molecule has 1 aromatic heterocycles. The van der Waals surface area contributed by atoms with Crippen LogP contribution in [0.15, 0.2) is 42.5 Å². The zero-order valence-corrected chi connectivity index (χ0v) is 10.7. The molecule has 0 saturated heterocycles. The second-order valence-corrected chi connectivity index (χ2v) is 4.08. The minimum Gasteiger partial charge on any atom is -0.341 e. The summed E-state index contributed by atoms with van der Waals surface area (Å²) < 4.78 is 0. The number of rotatable bonds is 3. The molecule has 1 amide bonds. The van der Waals surface area contributed by atoms with Crippen molar-refractivity contribution in [2.24, 2.45) is 0 Å². The van der Waals surface area contributed by atoms with Crippen molar-refractivity contribution in [3.05, 3.63) is 53.7 Å². The number of carbonyl (C=O) groups is 1. The van der Waals surface area contributed by atoms with Gasteiger partial charge in [-0.05, 0) is 19.1 Å². The molecule has 1 N–H and O–H groups in total. The Morgan fingerprint density at radius 3 is 2.63 bits per heavy atom. The van der Waals surface area contributed by atoms with E-state index in [4.69, 9.17) is 6.42 Å². The summed E-state index contributed by atoms with van der Waals surface area (Å²) in [6.07, 6.45) is 5.11. The first-order valence-electron chi connectivity index (χ1n) is 5.97. The minimum absolute atomic E-state index is 0.192. The van der Waals surface area contributed by atoms with Crippen molar-refractivity contribution in [3.63, 3.8) is 0 Å². The Labute approximate surface area is 112 Å². The van der Waals surface area contributed by atoms with Crippen molar-refractivity contribution in [2.75, 3.05) is 6.54 Å². The van der Waals surface area contributed by atoms with E-state index in [1.165, 1.54) is 0 Å². The van der Waals surface area contributed by atoms with E-state index >= 15 is 0 Å². The Morgan fingerprint density at radius 1 is 1.26 bits per heavy atom. The largest absolute Gasteiger partial charge is 0.341 e. The first-order valence-corrected chi connectivity index (χ1v) is 5.97. The third-order valence-electron chi connectivity index (χ3n) is 2.75. The number of terminal acetylenes is 1. The van der Waals surface area contributed by atoms with Crippen molar-refractivity contribution in [2.45, 2.75) is 6.92 Å². The molecule has 0 bridgehead atoms. The summed E-state index contributed by atoms with van der Waals surface area (Å²) in [5.41, 5.74) is 3.12. The van der Waals surface area contributed by atoms with Crippen LogP contribution in [0, 0.1) is 19.3 Å². The van der Waals surface area contributed by atoms with Crippen molar-refractivity contribution in [1.82, 2.24) is 10.3 Å². The van der Waals surface area contributed by atoms with Crippen LogP contribution in [0.3, 0.4) is 0 Å². The molecule has 3 heteroatoms. The summed E-state index contributed by atoms with van der Waals surface area (Å²) in [4.78, 5) is 16.3. The molecule has 0 fully saturated rings. The van der Waals surface area contributed by atoms with Crippen LogP contribution in [0.1, 0.15) is 16.1 Å². The fourth-order valence-corrected chi connectivity index (χ4v) is 1.80. The lowest BCUT2D eigenvalue weighted by Crippen LogP contribution is -2.24.